The average molecular weight is 309 g/mol. The van der Waals surface area contributed by atoms with Crippen molar-refractivity contribution in [2.45, 2.75) is 6.54 Å². The Balaban J connectivity index is 2.09. The van der Waals surface area contributed by atoms with E-state index < -0.39 is 0 Å². The van der Waals surface area contributed by atoms with Gasteiger partial charge in [-0.15, -0.1) is 0 Å². The van der Waals surface area contributed by atoms with Gasteiger partial charge in [0.1, 0.15) is 19.5 Å². The van der Waals surface area contributed by atoms with E-state index in [9.17, 15) is 4.79 Å². The molecule has 1 aliphatic heterocycles. The Hall–Kier alpha value is -2.57. The van der Waals surface area contributed by atoms with Gasteiger partial charge in [-0.25, -0.2) is 0 Å². The predicted molar refractivity (Wildman–Crippen MR) is 77.9 cm³/mol. The molecule has 7 heteroatoms. The van der Waals surface area contributed by atoms with E-state index in [0.717, 1.165) is 5.56 Å². The summed E-state index contributed by atoms with van der Waals surface area (Å²) in [6.45, 7) is 1.10. The van der Waals surface area contributed by atoms with Crippen molar-refractivity contribution in [3.63, 3.8) is 0 Å². The van der Waals surface area contributed by atoms with Crippen LogP contribution in [0.3, 0.4) is 0 Å². The zero-order chi connectivity index (χ0) is 15.9. The van der Waals surface area contributed by atoms with Crippen LogP contribution in [0.5, 0.6) is 17.2 Å². The van der Waals surface area contributed by atoms with E-state index in [1.54, 1.807) is 12.1 Å². The largest absolute Gasteiger partial charge is 0.494 e. The summed E-state index contributed by atoms with van der Waals surface area (Å²) in [6, 6.07) is 3.54. The zero-order valence-corrected chi connectivity index (χ0v) is 12.8. The molecule has 0 spiro atoms. The van der Waals surface area contributed by atoms with Crippen LogP contribution in [0.1, 0.15) is 5.56 Å². The second-order valence-electron chi connectivity index (χ2n) is 4.42. The summed E-state index contributed by atoms with van der Waals surface area (Å²) >= 11 is 0. The molecule has 0 atom stereocenters. The Morgan fingerprint density at radius 3 is 2.32 bits per heavy atom. The fourth-order valence-electron chi connectivity index (χ4n) is 1.99. The number of ether oxygens (including phenoxy) is 5. The van der Waals surface area contributed by atoms with Crippen LogP contribution in [-0.2, 0) is 20.8 Å². The Labute approximate surface area is 128 Å². The molecule has 1 aromatic rings. The first-order chi connectivity index (χ1) is 10.7. The summed E-state index contributed by atoms with van der Waals surface area (Å²) < 4.78 is 26.1. The molecule has 1 amide bonds. The number of rotatable bonds is 6. The van der Waals surface area contributed by atoms with Gasteiger partial charge < -0.3 is 29.0 Å². The first kappa shape index (κ1) is 15.8. The summed E-state index contributed by atoms with van der Waals surface area (Å²) in [6.07, 6.45) is 1.31. The maximum absolute atomic E-state index is 11.9. The normalized spacial score (nSPS) is 13.3. The van der Waals surface area contributed by atoms with Gasteiger partial charge in [-0.05, 0) is 17.7 Å². The molecule has 1 aromatic carbocycles. The highest BCUT2D eigenvalue weighted by Gasteiger charge is 2.16. The summed E-state index contributed by atoms with van der Waals surface area (Å²) in [7, 11) is 4.62. The van der Waals surface area contributed by atoms with Gasteiger partial charge in [0.15, 0.2) is 11.5 Å². The minimum absolute atomic E-state index is 0.165. The third-order valence-electron chi connectivity index (χ3n) is 3.05. The van der Waals surface area contributed by atoms with Crippen LogP contribution in [0.2, 0.25) is 0 Å². The lowest BCUT2D eigenvalue weighted by Gasteiger charge is -2.16. The van der Waals surface area contributed by atoms with E-state index in [0.29, 0.717) is 30.5 Å². The lowest BCUT2D eigenvalue weighted by molar-refractivity contribution is -0.122. The number of carbonyl (C=O) groups excluding carboxylic acids is 1. The molecule has 0 aliphatic carbocycles. The van der Waals surface area contributed by atoms with Gasteiger partial charge in [0.05, 0.1) is 21.3 Å². The van der Waals surface area contributed by atoms with E-state index in [-0.39, 0.29) is 18.2 Å². The topological polar surface area (TPSA) is 75.3 Å². The van der Waals surface area contributed by atoms with Gasteiger partial charge in [0.25, 0.3) is 5.91 Å². The molecule has 7 nitrogen and oxygen atoms in total. The van der Waals surface area contributed by atoms with Gasteiger partial charge in [0.2, 0.25) is 11.5 Å². The number of hydrogen-bond donors (Lipinski definition) is 1. The highest BCUT2D eigenvalue weighted by atomic mass is 16.6. The van der Waals surface area contributed by atoms with E-state index in [4.69, 9.17) is 23.7 Å². The Bertz CT molecular complexity index is 544. The van der Waals surface area contributed by atoms with Crippen molar-refractivity contribution in [2.24, 2.45) is 0 Å². The Morgan fingerprint density at radius 2 is 1.82 bits per heavy atom. The summed E-state index contributed by atoms with van der Waals surface area (Å²) in [5.41, 5.74) is 0.806. The van der Waals surface area contributed by atoms with Crippen molar-refractivity contribution < 1.29 is 28.5 Å². The quantitative estimate of drug-likeness (QED) is 0.851. The average Bonchev–Trinajstić information content (AvgIpc) is 2.59. The van der Waals surface area contributed by atoms with E-state index >= 15 is 0 Å². The minimum Gasteiger partial charge on any atom is -0.494 e. The van der Waals surface area contributed by atoms with Crippen molar-refractivity contribution in [3.05, 3.63) is 29.7 Å². The standard InChI is InChI=1S/C15H19NO6/c1-18-11-6-10(7-12(19-2)14(11)20-3)8-16-15(17)13-9-21-4-5-22-13/h6-7,9H,4-5,8H2,1-3H3,(H,16,17). The highest BCUT2D eigenvalue weighted by Crippen LogP contribution is 2.38. The smallest absolute Gasteiger partial charge is 0.289 e. The van der Waals surface area contributed by atoms with Crippen LogP contribution in [0.25, 0.3) is 0 Å². The van der Waals surface area contributed by atoms with Gasteiger partial charge in [-0.1, -0.05) is 0 Å². The first-order valence-electron chi connectivity index (χ1n) is 6.71. The van der Waals surface area contributed by atoms with Crippen LogP contribution < -0.4 is 19.5 Å². The molecule has 0 bridgehead atoms. The fourth-order valence-corrected chi connectivity index (χ4v) is 1.99. The molecular formula is C15H19NO6. The van der Waals surface area contributed by atoms with Crippen molar-refractivity contribution in [2.75, 3.05) is 34.5 Å². The lowest BCUT2D eigenvalue weighted by Crippen LogP contribution is -2.28. The second-order valence-corrected chi connectivity index (χ2v) is 4.42. The van der Waals surface area contributed by atoms with Crippen LogP contribution in [0.4, 0.5) is 0 Å². The summed E-state index contributed by atoms with van der Waals surface area (Å²) in [5, 5.41) is 2.74. The van der Waals surface area contributed by atoms with Crippen molar-refractivity contribution in [3.8, 4) is 17.2 Å². The predicted octanol–water partition coefficient (Wildman–Crippen LogP) is 1.22. The van der Waals surface area contributed by atoms with E-state index in [2.05, 4.69) is 5.32 Å². The molecule has 1 aliphatic rings. The highest BCUT2D eigenvalue weighted by molar-refractivity contribution is 5.91. The van der Waals surface area contributed by atoms with Gasteiger partial charge >= 0.3 is 0 Å². The summed E-state index contributed by atoms with van der Waals surface area (Å²) in [4.78, 5) is 11.9. The van der Waals surface area contributed by atoms with Crippen molar-refractivity contribution >= 4 is 5.91 Å². The second kappa shape index (κ2) is 7.44. The monoisotopic (exact) mass is 309 g/mol. The van der Waals surface area contributed by atoms with Crippen LogP contribution in [-0.4, -0.2) is 40.5 Å². The Morgan fingerprint density at radius 1 is 1.14 bits per heavy atom. The Kier molecular flexibility index (Phi) is 5.35. The minimum atomic E-state index is -0.339. The number of benzene rings is 1. The number of nitrogens with one attached hydrogen (secondary N) is 1. The van der Waals surface area contributed by atoms with Crippen LogP contribution in [0, 0.1) is 0 Å². The maximum atomic E-state index is 11.9. The van der Waals surface area contributed by atoms with Crippen LogP contribution in [0.15, 0.2) is 24.2 Å². The molecular weight excluding hydrogens is 290 g/mol. The third kappa shape index (κ3) is 3.55. The molecule has 0 saturated carbocycles. The molecule has 0 saturated heterocycles. The van der Waals surface area contributed by atoms with E-state index in [1.807, 2.05) is 0 Å². The molecule has 1 N–H and O–H groups in total. The third-order valence-corrected chi connectivity index (χ3v) is 3.05. The molecule has 0 unspecified atom stereocenters. The number of carbonyl (C=O) groups is 1. The molecule has 22 heavy (non-hydrogen) atoms. The summed E-state index contributed by atoms with van der Waals surface area (Å²) in [5.74, 6) is 1.39. The number of methoxy groups -OCH3 is 3. The number of amides is 1. The lowest BCUT2D eigenvalue weighted by atomic mass is 10.1. The molecule has 2 rings (SSSR count). The molecule has 1 heterocycles. The van der Waals surface area contributed by atoms with Crippen LogP contribution >= 0.6 is 0 Å². The van der Waals surface area contributed by atoms with E-state index in [1.165, 1.54) is 27.6 Å². The van der Waals surface area contributed by atoms with Gasteiger partial charge in [0, 0.05) is 6.54 Å². The van der Waals surface area contributed by atoms with Crippen molar-refractivity contribution in [1.29, 1.82) is 0 Å². The maximum Gasteiger partial charge on any atom is 0.289 e. The molecule has 0 aromatic heterocycles. The van der Waals surface area contributed by atoms with Gasteiger partial charge in [-0.3, -0.25) is 4.79 Å². The first-order valence-corrected chi connectivity index (χ1v) is 6.71. The molecule has 120 valence electrons. The SMILES string of the molecule is COc1cc(CNC(=O)C2=COCCO2)cc(OC)c1OC. The number of hydrogen-bond acceptors (Lipinski definition) is 6. The molecule has 0 fully saturated rings. The van der Waals surface area contributed by atoms with Gasteiger partial charge in [-0.2, -0.15) is 0 Å². The fraction of sp³-hybridized carbons (Fsp3) is 0.400. The zero-order valence-electron chi connectivity index (χ0n) is 12.8. The molecule has 0 radical (unpaired) electrons. The van der Waals surface area contributed by atoms with Crippen molar-refractivity contribution in [1.82, 2.24) is 5.32 Å².